The third kappa shape index (κ3) is 4.12. The lowest BCUT2D eigenvalue weighted by atomic mass is 10.1. The summed E-state index contributed by atoms with van der Waals surface area (Å²) >= 11 is 0. The highest BCUT2D eigenvalue weighted by atomic mass is 32.2. The molecular formula is C22H23N3O7S. The summed E-state index contributed by atoms with van der Waals surface area (Å²) in [6.07, 6.45) is 2.44. The molecule has 0 spiro atoms. The van der Waals surface area contributed by atoms with Crippen molar-refractivity contribution in [2.45, 2.75) is 44.8 Å². The SMILES string of the molecule is COC(=O)c1ccc(COC(=O)c2cc(C3CC3)nc3c2c(C)nn3C2CCS(=O)(=O)C2)o1. The van der Waals surface area contributed by atoms with Gasteiger partial charge < -0.3 is 13.9 Å². The maximum absolute atomic E-state index is 13.1. The zero-order valence-corrected chi connectivity index (χ0v) is 19.1. The lowest BCUT2D eigenvalue weighted by molar-refractivity contribution is 0.0440. The van der Waals surface area contributed by atoms with Gasteiger partial charge in [-0.1, -0.05) is 0 Å². The van der Waals surface area contributed by atoms with E-state index in [1.165, 1.54) is 13.2 Å². The lowest BCUT2D eigenvalue weighted by Gasteiger charge is -2.11. The second kappa shape index (κ2) is 7.98. The van der Waals surface area contributed by atoms with Gasteiger partial charge in [0.05, 0.1) is 41.3 Å². The number of ether oxygens (including phenoxy) is 2. The summed E-state index contributed by atoms with van der Waals surface area (Å²) in [4.78, 5) is 29.4. The van der Waals surface area contributed by atoms with E-state index in [0.717, 1.165) is 18.5 Å². The van der Waals surface area contributed by atoms with E-state index in [9.17, 15) is 18.0 Å². The van der Waals surface area contributed by atoms with E-state index in [1.807, 2.05) is 0 Å². The van der Waals surface area contributed by atoms with Crippen LogP contribution in [0.2, 0.25) is 0 Å². The number of hydrogen-bond acceptors (Lipinski definition) is 9. The first-order valence-electron chi connectivity index (χ1n) is 10.7. The Bertz CT molecular complexity index is 1370. The summed E-state index contributed by atoms with van der Waals surface area (Å²) in [6, 6.07) is 4.43. The van der Waals surface area contributed by atoms with Crippen LogP contribution in [-0.4, -0.2) is 53.7 Å². The molecule has 1 aliphatic carbocycles. The zero-order valence-electron chi connectivity index (χ0n) is 18.2. The molecule has 0 aromatic carbocycles. The summed E-state index contributed by atoms with van der Waals surface area (Å²) in [6.45, 7) is 1.61. The van der Waals surface area contributed by atoms with Crippen molar-refractivity contribution >= 4 is 32.8 Å². The van der Waals surface area contributed by atoms with Crippen molar-refractivity contribution in [1.82, 2.24) is 14.8 Å². The van der Waals surface area contributed by atoms with Gasteiger partial charge in [0, 0.05) is 11.6 Å². The van der Waals surface area contributed by atoms with Gasteiger partial charge in [0.15, 0.2) is 15.5 Å². The van der Waals surface area contributed by atoms with Crippen LogP contribution >= 0.6 is 0 Å². The zero-order chi connectivity index (χ0) is 23.3. The molecule has 33 heavy (non-hydrogen) atoms. The standard InChI is InChI=1S/C22H23N3O7S/c1-12-19-16(21(26)31-10-15-5-6-18(32-15)22(27)30-2)9-17(13-3-4-13)23-20(19)25(24-12)14-7-8-33(28,29)11-14/h5-6,9,13-14H,3-4,7-8,10-11H2,1-2H3. The smallest absolute Gasteiger partial charge is 0.373 e. The minimum absolute atomic E-state index is 0.0133. The average Bonchev–Trinajstić information content (AvgIpc) is 3.29. The molecule has 2 aliphatic rings. The van der Waals surface area contributed by atoms with E-state index in [-0.39, 0.29) is 35.8 Å². The molecule has 0 N–H and O–H groups in total. The number of methoxy groups -OCH3 is 1. The van der Waals surface area contributed by atoms with E-state index in [1.54, 1.807) is 23.7 Å². The maximum Gasteiger partial charge on any atom is 0.373 e. The first kappa shape index (κ1) is 21.6. The molecule has 4 heterocycles. The molecule has 0 bridgehead atoms. The van der Waals surface area contributed by atoms with Crippen LogP contribution in [0, 0.1) is 6.92 Å². The number of hydrogen-bond donors (Lipinski definition) is 0. The minimum Gasteiger partial charge on any atom is -0.463 e. The van der Waals surface area contributed by atoms with Crippen molar-refractivity contribution in [2.75, 3.05) is 18.6 Å². The second-order valence-electron chi connectivity index (χ2n) is 8.49. The predicted octanol–water partition coefficient (Wildman–Crippen LogP) is 2.71. The summed E-state index contributed by atoms with van der Waals surface area (Å²) in [5, 5.41) is 5.12. The molecule has 0 radical (unpaired) electrons. The summed E-state index contributed by atoms with van der Waals surface area (Å²) < 4.78 is 41.2. The topological polar surface area (TPSA) is 131 Å². The summed E-state index contributed by atoms with van der Waals surface area (Å²) in [7, 11) is -1.86. The molecule has 174 valence electrons. The Hall–Kier alpha value is -3.21. The second-order valence-corrected chi connectivity index (χ2v) is 10.7. The fourth-order valence-corrected chi connectivity index (χ4v) is 5.88. The number of aryl methyl sites for hydroxylation is 1. The van der Waals surface area contributed by atoms with E-state index in [4.69, 9.17) is 14.1 Å². The molecule has 10 nitrogen and oxygen atoms in total. The molecule has 5 rings (SSSR count). The molecular weight excluding hydrogens is 450 g/mol. The molecule has 1 saturated carbocycles. The lowest BCUT2D eigenvalue weighted by Crippen LogP contribution is -2.14. The molecule has 0 amide bonds. The molecule has 1 saturated heterocycles. The van der Waals surface area contributed by atoms with Crippen molar-refractivity contribution in [2.24, 2.45) is 0 Å². The van der Waals surface area contributed by atoms with Crippen LogP contribution in [-0.2, 0) is 25.9 Å². The van der Waals surface area contributed by atoms with Crippen LogP contribution in [0.3, 0.4) is 0 Å². The highest BCUT2D eigenvalue weighted by Crippen LogP contribution is 2.41. The number of furan rings is 1. The third-order valence-electron chi connectivity index (χ3n) is 6.02. The van der Waals surface area contributed by atoms with Gasteiger partial charge in [-0.15, -0.1) is 0 Å². The van der Waals surface area contributed by atoms with Gasteiger partial charge in [-0.3, -0.25) is 0 Å². The number of carbonyl (C=O) groups excluding carboxylic acids is 2. The number of aromatic nitrogens is 3. The largest absolute Gasteiger partial charge is 0.463 e. The van der Waals surface area contributed by atoms with Crippen molar-refractivity contribution in [3.05, 3.63) is 46.7 Å². The molecule has 1 atom stereocenters. The van der Waals surface area contributed by atoms with Crippen molar-refractivity contribution < 1.29 is 31.9 Å². The number of rotatable bonds is 6. The van der Waals surface area contributed by atoms with Gasteiger partial charge in [0.2, 0.25) is 5.76 Å². The van der Waals surface area contributed by atoms with Crippen molar-refractivity contribution in [3.63, 3.8) is 0 Å². The van der Waals surface area contributed by atoms with Crippen molar-refractivity contribution in [1.29, 1.82) is 0 Å². The Morgan fingerprint density at radius 3 is 2.67 bits per heavy atom. The Balaban J connectivity index is 1.47. The van der Waals surface area contributed by atoms with Crippen LogP contribution in [0.5, 0.6) is 0 Å². The van der Waals surface area contributed by atoms with Crippen LogP contribution in [0.1, 0.15) is 69.3 Å². The highest BCUT2D eigenvalue weighted by molar-refractivity contribution is 7.91. The Morgan fingerprint density at radius 2 is 2.00 bits per heavy atom. The minimum atomic E-state index is -3.11. The quantitative estimate of drug-likeness (QED) is 0.496. The van der Waals surface area contributed by atoms with Crippen LogP contribution in [0.15, 0.2) is 22.6 Å². The molecule has 2 fully saturated rings. The maximum atomic E-state index is 13.1. The van der Waals surface area contributed by atoms with Gasteiger partial charge in [-0.25, -0.2) is 27.7 Å². The van der Waals surface area contributed by atoms with E-state index < -0.39 is 21.8 Å². The van der Waals surface area contributed by atoms with Gasteiger partial charge >= 0.3 is 11.9 Å². The van der Waals surface area contributed by atoms with E-state index in [2.05, 4.69) is 9.84 Å². The Morgan fingerprint density at radius 1 is 1.21 bits per heavy atom. The van der Waals surface area contributed by atoms with Crippen molar-refractivity contribution in [3.8, 4) is 0 Å². The monoisotopic (exact) mass is 473 g/mol. The molecule has 3 aromatic heterocycles. The van der Waals surface area contributed by atoms with Gasteiger partial charge in [0.25, 0.3) is 0 Å². The molecule has 3 aromatic rings. The third-order valence-corrected chi connectivity index (χ3v) is 7.77. The average molecular weight is 474 g/mol. The Kier molecular flexibility index (Phi) is 5.23. The first-order valence-corrected chi connectivity index (χ1v) is 12.5. The first-order chi connectivity index (χ1) is 15.8. The number of pyridine rings is 1. The fourth-order valence-electron chi connectivity index (χ4n) is 4.18. The van der Waals surface area contributed by atoms with Crippen LogP contribution < -0.4 is 0 Å². The van der Waals surface area contributed by atoms with E-state index >= 15 is 0 Å². The molecule has 1 aliphatic heterocycles. The van der Waals surface area contributed by atoms with Gasteiger partial charge in [-0.05, 0) is 44.4 Å². The van der Waals surface area contributed by atoms with Gasteiger partial charge in [-0.2, -0.15) is 5.10 Å². The van der Waals surface area contributed by atoms with E-state index in [0.29, 0.717) is 34.5 Å². The predicted molar refractivity (Wildman–Crippen MR) is 116 cm³/mol. The Labute approximate surface area is 189 Å². The molecule has 11 heteroatoms. The number of sulfone groups is 1. The summed E-state index contributed by atoms with van der Waals surface area (Å²) in [5.74, 6) is -0.457. The van der Waals surface area contributed by atoms with Gasteiger partial charge in [0.1, 0.15) is 12.4 Å². The summed E-state index contributed by atoms with van der Waals surface area (Å²) in [5.41, 5.74) is 2.22. The number of esters is 2. The fraction of sp³-hybridized carbons (Fsp3) is 0.455. The normalized spacial score (nSPS) is 19.6. The number of carbonyl (C=O) groups is 2. The number of fused-ring (bicyclic) bond motifs is 1. The molecule has 1 unspecified atom stereocenters. The van der Waals surface area contributed by atoms with Crippen LogP contribution in [0.25, 0.3) is 11.0 Å². The van der Waals surface area contributed by atoms with Crippen LogP contribution in [0.4, 0.5) is 0 Å². The number of nitrogens with zero attached hydrogens (tertiary/aromatic N) is 3. The highest BCUT2D eigenvalue weighted by Gasteiger charge is 2.34.